The summed E-state index contributed by atoms with van der Waals surface area (Å²) in [4.78, 5) is 26.9. The van der Waals surface area contributed by atoms with Crippen molar-refractivity contribution in [3.05, 3.63) is 42.0 Å². The minimum absolute atomic E-state index is 0.0544. The van der Waals surface area contributed by atoms with Crippen molar-refractivity contribution >= 4 is 17.5 Å². The lowest BCUT2D eigenvalue weighted by atomic mass is 9.92. The van der Waals surface area contributed by atoms with Gasteiger partial charge in [0.2, 0.25) is 11.8 Å². The normalized spacial score (nSPS) is 19.2. The van der Waals surface area contributed by atoms with Gasteiger partial charge in [0.05, 0.1) is 5.92 Å². The third kappa shape index (κ3) is 4.40. The summed E-state index contributed by atoms with van der Waals surface area (Å²) in [6.07, 6.45) is 6.72. The molecule has 30 heavy (non-hydrogen) atoms. The van der Waals surface area contributed by atoms with Gasteiger partial charge in [-0.3, -0.25) is 9.59 Å². The van der Waals surface area contributed by atoms with E-state index in [4.69, 9.17) is 0 Å². The third-order valence-electron chi connectivity index (χ3n) is 6.44. The van der Waals surface area contributed by atoms with Gasteiger partial charge in [-0.15, -0.1) is 10.2 Å². The number of rotatable bonds is 7. The van der Waals surface area contributed by atoms with Crippen LogP contribution in [0.1, 0.15) is 69.3 Å². The highest BCUT2D eigenvalue weighted by Crippen LogP contribution is 2.35. The summed E-state index contributed by atoms with van der Waals surface area (Å²) < 4.78 is 2.13. The molecule has 1 aromatic heterocycles. The number of anilines is 1. The van der Waals surface area contributed by atoms with Gasteiger partial charge in [0.25, 0.3) is 0 Å². The van der Waals surface area contributed by atoms with Crippen molar-refractivity contribution in [2.24, 2.45) is 5.92 Å². The maximum Gasteiger partial charge on any atom is 0.232 e. The number of hydrogen-bond donors (Lipinski definition) is 1. The molecule has 1 fully saturated rings. The molecule has 3 heterocycles. The van der Waals surface area contributed by atoms with Crippen molar-refractivity contribution in [2.75, 3.05) is 18.4 Å². The number of fused-ring (bicyclic) bond motifs is 1. The predicted molar refractivity (Wildman–Crippen MR) is 115 cm³/mol. The standard InChI is InChI=1S/C23H31N5O2/c1-16(2)28-15-24-26-21(28)14-17-10-12-27(13-11-17)22(29)9-5-7-19-18-6-3-4-8-20(18)25-23(19)30/h3-4,6,8,15-17,19H,5,7,9-14H2,1-2H3,(H,25,30). The molecule has 4 rings (SSSR count). The molecule has 0 saturated carbocycles. The molecule has 2 aliphatic rings. The first-order valence-corrected chi connectivity index (χ1v) is 11.1. The first-order chi connectivity index (χ1) is 14.5. The SMILES string of the molecule is CC(C)n1cnnc1CC1CCN(C(=O)CCCC2C(=O)Nc3ccccc32)CC1. The molecule has 0 spiro atoms. The molecular formula is C23H31N5O2. The maximum absolute atomic E-state index is 12.7. The van der Waals surface area contributed by atoms with E-state index in [1.165, 1.54) is 0 Å². The van der Waals surface area contributed by atoms with Crippen LogP contribution in [0.15, 0.2) is 30.6 Å². The lowest BCUT2D eigenvalue weighted by molar-refractivity contribution is -0.132. The summed E-state index contributed by atoms with van der Waals surface area (Å²) in [6, 6.07) is 8.20. The molecule has 160 valence electrons. The lowest BCUT2D eigenvalue weighted by Gasteiger charge is -2.32. The van der Waals surface area contributed by atoms with Crippen LogP contribution >= 0.6 is 0 Å². The van der Waals surface area contributed by atoms with Crippen LogP contribution in [-0.4, -0.2) is 44.6 Å². The average molecular weight is 410 g/mol. The minimum atomic E-state index is -0.127. The maximum atomic E-state index is 12.7. The molecule has 1 N–H and O–H groups in total. The Kier molecular flexibility index (Phi) is 6.16. The van der Waals surface area contributed by atoms with Crippen LogP contribution < -0.4 is 5.32 Å². The fourth-order valence-electron chi connectivity index (χ4n) is 4.67. The molecule has 2 aliphatic heterocycles. The number of carbonyl (C=O) groups is 2. The second kappa shape index (κ2) is 8.98. The Morgan fingerprint density at radius 2 is 2.00 bits per heavy atom. The Labute approximate surface area is 177 Å². The van der Waals surface area contributed by atoms with Crippen molar-refractivity contribution < 1.29 is 9.59 Å². The van der Waals surface area contributed by atoms with Gasteiger partial charge in [0, 0.05) is 37.7 Å². The molecule has 1 aromatic carbocycles. The van der Waals surface area contributed by atoms with Crippen LogP contribution in [0.2, 0.25) is 0 Å². The van der Waals surface area contributed by atoms with Crippen molar-refractivity contribution in [1.29, 1.82) is 0 Å². The average Bonchev–Trinajstić information content (AvgIpc) is 3.33. The Morgan fingerprint density at radius 1 is 1.23 bits per heavy atom. The zero-order valence-electron chi connectivity index (χ0n) is 17.9. The lowest BCUT2D eigenvalue weighted by Crippen LogP contribution is -2.39. The number of piperidine rings is 1. The van der Waals surface area contributed by atoms with Gasteiger partial charge < -0.3 is 14.8 Å². The van der Waals surface area contributed by atoms with Crippen molar-refractivity contribution in [3.8, 4) is 0 Å². The van der Waals surface area contributed by atoms with Gasteiger partial charge in [-0.1, -0.05) is 18.2 Å². The highest BCUT2D eigenvalue weighted by Gasteiger charge is 2.30. The fraction of sp³-hybridized carbons (Fsp3) is 0.565. The summed E-state index contributed by atoms with van der Waals surface area (Å²) in [6.45, 7) is 5.90. The number of aromatic nitrogens is 3. The number of hydrogen-bond acceptors (Lipinski definition) is 4. The first kappa shape index (κ1) is 20.6. The largest absolute Gasteiger partial charge is 0.343 e. The Morgan fingerprint density at radius 3 is 2.77 bits per heavy atom. The summed E-state index contributed by atoms with van der Waals surface area (Å²) >= 11 is 0. The topological polar surface area (TPSA) is 80.1 Å². The van der Waals surface area contributed by atoms with E-state index in [0.29, 0.717) is 18.4 Å². The van der Waals surface area contributed by atoms with Crippen LogP contribution in [0, 0.1) is 5.92 Å². The van der Waals surface area contributed by atoms with Crippen molar-refractivity contribution in [3.63, 3.8) is 0 Å². The number of benzene rings is 1. The van der Waals surface area contributed by atoms with E-state index in [9.17, 15) is 9.59 Å². The van der Waals surface area contributed by atoms with E-state index in [0.717, 1.165) is 62.3 Å². The molecule has 1 saturated heterocycles. The van der Waals surface area contributed by atoms with Gasteiger partial charge in [0.1, 0.15) is 12.2 Å². The zero-order chi connectivity index (χ0) is 21.1. The van der Waals surface area contributed by atoms with Crippen LogP contribution in [0.4, 0.5) is 5.69 Å². The molecule has 0 aliphatic carbocycles. The van der Waals surface area contributed by atoms with Crippen LogP contribution in [0.3, 0.4) is 0 Å². The Bertz CT molecular complexity index is 899. The summed E-state index contributed by atoms with van der Waals surface area (Å²) in [7, 11) is 0. The van der Waals surface area contributed by atoms with E-state index < -0.39 is 0 Å². The molecule has 7 heteroatoms. The van der Waals surface area contributed by atoms with E-state index in [1.807, 2.05) is 35.5 Å². The van der Waals surface area contributed by atoms with E-state index >= 15 is 0 Å². The first-order valence-electron chi connectivity index (χ1n) is 11.1. The van der Waals surface area contributed by atoms with Crippen molar-refractivity contribution in [1.82, 2.24) is 19.7 Å². The quantitative estimate of drug-likeness (QED) is 0.758. The number of likely N-dealkylation sites (tertiary alicyclic amines) is 1. The zero-order valence-corrected chi connectivity index (χ0v) is 17.9. The minimum Gasteiger partial charge on any atom is -0.343 e. The highest BCUT2D eigenvalue weighted by atomic mass is 16.2. The van der Waals surface area contributed by atoms with Gasteiger partial charge in [0.15, 0.2) is 0 Å². The van der Waals surface area contributed by atoms with Gasteiger partial charge in [-0.25, -0.2) is 0 Å². The summed E-state index contributed by atoms with van der Waals surface area (Å²) in [5.41, 5.74) is 1.97. The predicted octanol–water partition coefficient (Wildman–Crippen LogP) is 3.55. The van der Waals surface area contributed by atoms with Gasteiger partial charge in [-0.2, -0.15) is 0 Å². The highest BCUT2D eigenvalue weighted by molar-refractivity contribution is 6.02. The second-order valence-electron chi connectivity index (χ2n) is 8.80. The number of amides is 2. The summed E-state index contributed by atoms with van der Waals surface area (Å²) in [5, 5.41) is 11.3. The Balaban J connectivity index is 1.21. The number of para-hydroxylation sites is 1. The smallest absolute Gasteiger partial charge is 0.232 e. The number of nitrogens with zero attached hydrogens (tertiary/aromatic N) is 4. The van der Waals surface area contributed by atoms with Crippen LogP contribution in [0.5, 0.6) is 0 Å². The van der Waals surface area contributed by atoms with E-state index in [1.54, 1.807) is 0 Å². The molecule has 1 unspecified atom stereocenters. The monoisotopic (exact) mass is 409 g/mol. The van der Waals surface area contributed by atoms with E-state index in [-0.39, 0.29) is 17.7 Å². The van der Waals surface area contributed by atoms with Crippen molar-refractivity contribution in [2.45, 2.75) is 64.3 Å². The van der Waals surface area contributed by atoms with E-state index in [2.05, 4.69) is 33.9 Å². The molecule has 2 amide bonds. The molecule has 1 atom stereocenters. The molecule has 0 radical (unpaired) electrons. The fourth-order valence-corrected chi connectivity index (χ4v) is 4.67. The molecule has 7 nitrogen and oxygen atoms in total. The summed E-state index contributed by atoms with van der Waals surface area (Å²) in [5.74, 6) is 1.74. The molecule has 0 bridgehead atoms. The van der Waals surface area contributed by atoms with Crippen LogP contribution in [0.25, 0.3) is 0 Å². The number of carbonyl (C=O) groups excluding carboxylic acids is 2. The molecular weight excluding hydrogens is 378 g/mol. The van der Waals surface area contributed by atoms with Crippen LogP contribution in [-0.2, 0) is 16.0 Å². The second-order valence-corrected chi connectivity index (χ2v) is 8.80. The van der Waals surface area contributed by atoms with Gasteiger partial charge in [-0.05, 0) is 57.1 Å². The molecule has 2 aromatic rings. The number of nitrogens with one attached hydrogen (secondary N) is 1. The van der Waals surface area contributed by atoms with Gasteiger partial charge >= 0.3 is 0 Å². The third-order valence-corrected chi connectivity index (χ3v) is 6.44. The Hall–Kier alpha value is -2.70.